The first kappa shape index (κ1) is 12.2. The van der Waals surface area contributed by atoms with Crippen LogP contribution in [-0.4, -0.2) is 55.3 Å². The Morgan fingerprint density at radius 1 is 1.58 bits per heavy atom. The summed E-state index contributed by atoms with van der Waals surface area (Å²) in [5.74, 6) is -0.0583. The lowest BCUT2D eigenvalue weighted by atomic mass is 10.2. The number of thiophene rings is 1. The fraction of sp³-hybridized carbons (Fsp3) is 0.455. The van der Waals surface area contributed by atoms with Crippen molar-refractivity contribution >= 4 is 17.2 Å². The molecule has 1 N–H and O–H groups in total. The molecule has 0 saturated carbocycles. The van der Waals surface area contributed by atoms with Crippen LogP contribution in [0.3, 0.4) is 0 Å². The Bertz CT molecular complexity index is 567. The van der Waals surface area contributed by atoms with E-state index in [9.17, 15) is 9.90 Å². The zero-order valence-electron chi connectivity index (χ0n) is 10.1. The van der Waals surface area contributed by atoms with E-state index < -0.39 is 0 Å². The van der Waals surface area contributed by atoms with E-state index in [1.165, 1.54) is 22.3 Å². The number of aliphatic hydroxyl groups excluding tert-OH is 1. The molecule has 1 fully saturated rings. The summed E-state index contributed by atoms with van der Waals surface area (Å²) in [6.07, 6.45) is 3.25. The lowest BCUT2D eigenvalue weighted by molar-refractivity contribution is 0.0682. The number of nitrogens with zero attached hydrogens (tertiary/aromatic N) is 5. The molecule has 7 nitrogen and oxygen atoms in total. The quantitative estimate of drug-likeness (QED) is 0.874. The van der Waals surface area contributed by atoms with Crippen molar-refractivity contribution in [2.24, 2.45) is 0 Å². The smallest absolute Gasteiger partial charge is 0.266 e. The Hall–Kier alpha value is -1.80. The molecular weight excluding hydrogens is 266 g/mol. The van der Waals surface area contributed by atoms with Crippen LogP contribution in [-0.2, 0) is 0 Å². The lowest BCUT2D eigenvalue weighted by Crippen LogP contribution is -2.37. The van der Waals surface area contributed by atoms with Gasteiger partial charge in [-0.25, -0.2) is 0 Å². The largest absolute Gasteiger partial charge is 0.394 e. The normalized spacial score (nSPS) is 19.0. The zero-order valence-corrected chi connectivity index (χ0v) is 11.0. The highest BCUT2D eigenvalue weighted by Gasteiger charge is 2.31. The predicted molar refractivity (Wildman–Crippen MR) is 68.2 cm³/mol. The van der Waals surface area contributed by atoms with Gasteiger partial charge in [0.2, 0.25) is 0 Å². The fourth-order valence-corrected chi connectivity index (χ4v) is 3.17. The maximum atomic E-state index is 12.5. The molecule has 2 aromatic rings. The van der Waals surface area contributed by atoms with E-state index in [-0.39, 0.29) is 18.6 Å². The molecule has 0 unspecified atom stereocenters. The van der Waals surface area contributed by atoms with Gasteiger partial charge in [-0.2, -0.15) is 4.68 Å². The van der Waals surface area contributed by atoms with Crippen LogP contribution >= 0.6 is 11.3 Å². The first-order valence-electron chi connectivity index (χ1n) is 6.04. The number of carbonyl (C=O) groups is 1. The molecule has 2 aromatic heterocycles. The summed E-state index contributed by atoms with van der Waals surface area (Å²) in [5.41, 5.74) is 0.684. The summed E-state index contributed by atoms with van der Waals surface area (Å²) in [5, 5.41) is 22.1. The van der Waals surface area contributed by atoms with Crippen LogP contribution in [0.15, 0.2) is 17.8 Å². The van der Waals surface area contributed by atoms with E-state index in [1.54, 1.807) is 4.90 Å². The molecule has 100 valence electrons. The highest BCUT2D eigenvalue weighted by molar-refractivity contribution is 7.12. The van der Waals surface area contributed by atoms with Crippen LogP contribution in [0.4, 0.5) is 0 Å². The minimum atomic E-state index is -0.0729. The SMILES string of the molecule is O=C(c1sccc1-n1cnnn1)N1CCC[C@@H]1CO. The third-order valence-corrected chi connectivity index (χ3v) is 4.17. The third kappa shape index (κ3) is 2.13. The number of carbonyl (C=O) groups excluding carboxylic acids is 1. The minimum Gasteiger partial charge on any atom is -0.394 e. The number of likely N-dealkylation sites (tertiary alicyclic amines) is 1. The van der Waals surface area contributed by atoms with Gasteiger partial charge in [0, 0.05) is 6.54 Å². The van der Waals surface area contributed by atoms with E-state index in [4.69, 9.17) is 0 Å². The van der Waals surface area contributed by atoms with Crippen LogP contribution in [0.1, 0.15) is 22.5 Å². The molecule has 3 heterocycles. The van der Waals surface area contributed by atoms with Gasteiger partial charge in [-0.3, -0.25) is 4.79 Å². The fourth-order valence-electron chi connectivity index (χ4n) is 2.34. The van der Waals surface area contributed by atoms with Crippen LogP contribution in [0.25, 0.3) is 5.69 Å². The van der Waals surface area contributed by atoms with Gasteiger partial charge in [0.15, 0.2) is 0 Å². The van der Waals surface area contributed by atoms with E-state index in [0.717, 1.165) is 12.8 Å². The Labute approximate surface area is 113 Å². The van der Waals surface area contributed by atoms with Gasteiger partial charge in [0.1, 0.15) is 11.2 Å². The molecule has 0 bridgehead atoms. The van der Waals surface area contributed by atoms with Crippen molar-refractivity contribution in [3.8, 4) is 5.69 Å². The van der Waals surface area contributed by atoms with E-state index in [1.807, 2.05) is 11.4 Å². The monoisotopic (exact) mass is 279 g/mol. The van der Waals surface area contributed by atoms with Gasteiger partial charge >= 0.3 is 0 Å². The van der Waals surface area contributed by atoms with Crippen LogP contribution in [0.5, 0.6) is 0 Å². The molecule has 1 aliphatic heterocycles. The van der Waals surface area contributed by atoms with Crippen LogP contribution in [0, 0.1) is 0 Å². The van der Waals surface area contributed by atoms with E-state index in [2.05, 4.69) is 15.5 Å². The van der Waals surface area contributed by atoms with Crippen molar-refractivity contribution in [2.45, 2.75) is 18.9 Å². The summed E-state index contributed by atoms with van der Waals surface area (Å²) in [7, 11) is 0. The molecule has 0 aliphatic carbocycles. The maximum Gasteiger partial charge on any atom is 0.266 e. The number of aliphatic hydroxyl groups is 1. The van der Waals surface area contributed by atoms with Crippen molar-refractivity contribution in [3.63, 3.8) is 0 Å². The molecular formula is C11H13N5O2S. The molecule has 3 rings (SSSR count). The molecule has 1 atom stereocenters. The second-order valence-corrected chi connectivity index (χ2v) is 5.28. The Kier molecular flexibility index (Phi) is 3.26. The van der Waals surface area contributed by atoms with E-state index in [0.29, 0.717) is 17.1 Å². The average Bonchev–Trinajstić information content (AvgIpc) is 3.16. The van der Waals surface area contributed by atoms with Gasteiger partial charge in [0.05, 0.1) is 18.3 Å². The third-order valence-electron chi connectivity index (χ3n) is 3.28. The lowest BCUT2D eigenvalue weighted by Gasteiger charge is -2.22. The molecule has 0 spiro atoms. The number of tetrazole rings is 1. The molecule has 8 heteroatoms. The second kappa shape index (κ2) is 5.06. The van der Waals surface area contributed by atoms with Crippen molar-refractivity contribution in [1.29, 1.82) is 0 Å². The van der Waals surface area contributed by atoms with Gasteiger partial charge in [-0.1, -0.05) is 0 Å². The van der Waals surface area contributed by atoms with Gasteiger partial charge in [0.25, 0.3) is 5.91 Å². The number of hydrogen-bond acceptors (Lipinski definition) is 6. The second-order valence-electron chi connectivity index (χ2n) is 4.37. The maximum absolute atomic E-state index is 12.5. The minimum absolute atomic E-state index is 0.0112. The number of aromatic nitrogens is 4. The highest BCUT2D eigenvalue weighted by atomic mass is 32.1. The highest BCUT2D eigenvalue weighted by Crippen LogP contribution is 2.26. The first-order chi connectivity index (χ1) is 9.31. The summed E-state index contributed by atoms with van der Waals surface area (Å²) < 4.78 is 1.48. The molecule has 0 aromatic carbocycles. The number of hydrogen-bond donors (Lipinski definition) is 1. The van der Waals surface area contributed by atoms with Gasteiger partial charge < -0.3 is 10.0 Å². The van der Waals surface area contributed by atoms with Crippen molar-refractivity contribution in [2.75, 3.05) is 13.2 Å². The molecule has 0 radical (unpaired) electrons. The Balaban J connectivity index is 1.91. The van der Waals surface area contributed by atoms with Crippen molar-refractivity contribution in [3.05, 3.63) is 22.7 Å². The Morgan fingerprint density at radius 3 is 3.21 bits per heavy atom. The van der Waals surface area contributed by atoms with Crippen LogP contribution < -0.4 is 0 Å². The first-order valence-corrected chi connectivity index (χ1v) is 6.92. The van der Waals surface area contributed by atoms with Gasteiger partial charge in [-0.05, 0) is 34.7 Å². The standard InChI is InChI=1S/C11H13N5O2S/c17-6-8-2-1-4-15(8)11(18)10-9(3-5-19-10)16-7-12-13-14-16/h3,5,7-8,17H,1-2,4,6H2/t8-/m1/s1. The van der Waals surface area contributed by atoms with Gasteiger partial charge in [-0.15, -0.1) is 16.4 Å². The number of amides is 1. The van der Waals surface area contributed by atoms with Crippen molar-refractivity contribution < 1.29 is 9.90 Å². The van der Waals surface area contributed by atoms with E-state index >= 15 is 0 Å². The number of rotatable bonds is 3. The topological polar surface area (TPSA) is 84.1 Å². The Morgan fingerprint density at radius 2 is 2.47 bits per heavy atom. The zero-order chi connectivity index (χ0) is 13.2. The van der Waals surface area contributed by atoms with Crippen LogP contribution in [0.2, 0.25) is 0 Å². The molecule has 1 amide bonds. The molecule has 19 heavy (non-hydrogen) atoms. The summed E-state index contributed by atoms with van der Waals surface area (Å²) in [4.78, 5) is 14.9. The summed E-state index contributed by atoms with van der Waals surface area (Å²) in [6, 6.07) is 1.74. The van der Waals surface area contributed by atoms with Crippen molar-refractivity contribution in [1.82, 2.24) is 25.1 Å². The average molecular weight is 279 g/mol. The summed E-state index contributed by atoms with van der Waals surface area (Å²) in [6.45, 7) is 0.703. The predicted octanol–water partition coefficient (Wildman–Crippen LogP) is 0.321. The molecule has 1 aliphatic rings. The summed E-state index contributed by atoms with van der Waals surface area (Å²) >= 11 is 1.37. The molecule has 1 saturated heterocycles.